The molecule has 0 radical (unpaired) electrons. The number of carbonyl (C=O) groups excluding carboxylic acids is 1. The van der Waals surface area contributed by atoms with Crippen LogP contribution in [-0.2, 0) is 0 Å². The van der Waals surface area contributed by atoms with Gasteiger partial charge in [-0.3, -0.25) is 4.79 Å². The van der Waals surface area contributed by atoms with Gasteiger partial charge in [-0.1, -0.05) is 25.2 Å². The first-order valence-electron chi connectivity index (χ1n) is 6.74. The molecular weight excluding hydrogens is 289 g/mol. The molecule has 1 aromatic carbocycles. The predicted octanol–water partition coefficient (Wildman–Crippen LogP) is 3.72. The lowest BCUT2D eigenvalue weighted by molar-refractivity contribution is 0.0952. The summed E-state index contributed by atoms with van der Waals surface area (Å²) in [6.07, 6.45) is 0. The largest absolute Gasteiger partial charge is 0.351 e. The second kappa shape index (κ2) is 6.67. The summed E-state index contributed by atoms with van der Waals surface area (Å²) in [7, 11) is 0. The van der Waals surface area contributed by atoms with E-state index in [1.807, 2.05) is 13.8 Å². The molecule has 0 atom stereocenters. The molecule has 1 heterocycles. The summed E-state index contributed by atoms with van der Waals surface area (Å²) in [4.78, 5) is 17.0. The second-order valence-corrected chi connectivity index (χ2v) is 6.17. The number of benzene rings is 1. The summed E-state index contributed by atoms with van der Waals surface area (Å²) in [6, 6.07) is 6.01. The first-order chi connectivity index (χ1) is 9.95. The van der Waals surface area contributed by atoms with Gasteiger partial charge in [-0.05, 0) is 37.1 Å². The predicted molar refractivity (Wildman–Crippen MR) is 83.7 cm³/mol. The Morgan fingerprint density at radius 1 is 1.33 bits per heavy atom. The van der Waals surface area contributed by atoms with Crippen molar-refractivity contribution in [2.24, 2.45) is 5.92 Å². The van der Waals surface area contributed by atoms with Crippen molar-refractivity contribution in [1.82, 2.24) is 10.3 Å². The number of hydrogen-bond donors (Lipinski definition) is 2. The fourth-order valence-corrected chi connectivity index (χ4v) is 2.60. The molecule has 0 spiro atoms. The van der Waals surface area contributed by atoms with Crippen LogP contribution in [-0.4, -0.2) is 17.4 Å². The Morgan fingerprint density at radius 2 is 2.00 bits per heavy atom. The fraction of sp³-hybridized carbons (Fsp3) is 0.333. The number of aromatic nitrogens is 1. The third-order valence-corrected chi connectivity index (χ3v) is 3.84. The lowest BCUT2D eigenvalue weighted by Crippen LogP contribution is -2.27. The quantitative estimate of drug-likeness (QED) is 0.885. The number of carbonyl (C=O) groups is 1. The van der Waals surface area contributed by atoms with E-state index >= 15 is 0 Å². The third-order valence-electron chi connectivity index (χ3n) is 2.77. The number of hydrogen-bond acceptors (Lipinski definition) is 4. The van der Waals surface area contributed by atoms with E-state index in [-0.39, 0.29) is 11.7 Å². The van der Waals surface area contributed by atoms with E-state index < -0.39 is 0 Å². The van der Waals surface area contributed by atoms with E-state index in [1.54, 1.807) is 19.1 Å². The van der Waals surface area contributed by atoms with E-state index in [9.17, 15) is 9.18 Å². The highest BCUT2D eigenvalue weighted by Crippen LogP contribution is 2.25. The smallest absolute Gasteiger partial charge is 0.263 e. The Labute approximate surface area is 127 Å². The second-order valence-electron chi connectivity index (χ2n) is 5.17. The molecule has 112 valence electrons. The van der Waals surface area contributed by atoms with Crippen LogP contribution in [0, 0.1) is 18.7 Å². The van der Waals surface area contributed by atoms with Crippen LogP contribution >= 0.6 is 11.3 Å². The Hall–Kier alpha value is -1.95. The lowest BCUT2D eigenvalue weighted by Gasteiger charge is -2.06. The molecule has 0 aliphatic carbocycles. The zero-order valence-corrected chi connectivity index (χ0v) is 13.1. The van der Waals surface area contributed by atoms with Gasteiger partial charge in [0, 0.05) is 12.2 Å². The number of thiazole rings is 1. The van der Waals surface area contributed by atoms with Crippen LogP contribution < -0.4 is 10.6 Å². The average molecular weight is 307 g/mol. The number of anilines is 2. The molecule has 0 saturated heterocycles. The monoisotopic (exact) mass is 307 g/mol. The molecule has 6 heteroatoms. The van der Waals surface area contributed by atoms with Crippen molar-refractivity contribution in [3.8, 4) is 0 Å². The standard InChI is InChI=1S/C15H18FN3OS/c1-9(2)8-17-14(20)13-10(3)18-15(21-13)19-12-6-4-11(16)5-7-12/h4-7,9H,8H2,1-3H3,(H,17,20)(H,18,19). The van der Waals surface area contributed by atoms with Crippen LogP contribution in [0.2, 0.25) is 0 Å². The fourth-order valence-electron chi connectivity index (χ4n) is 1.69. The molecule has 0 bridgehead atoms. The molecule has 0 unspecified atom stereocenters. The summed E-state index contributed by atoms with van der Waals surface area (Å²) >= 11 is 1.29. The number of amides is 1. The molecule has 21 heavy (non-hydrogen) atoms. The van der Waals surface area contributed by atoms with Crippen molar-refractivity contribution < 1.29 is 9.18 Å². The minimum absolute atomic E-state index is 0.106. The lowest BCUT2D eigenvalue weighted by atomic mass is 10.2. The molecule has 2 N–H and O–H groups in total. The van der Waals surface area contributed by atoms with E-state index in [2.05, 4.69) is 15.6 Å². The zero-order valence-electron chi connectivity index (χ0n) is 12.2. The van der Waals surface area contributed by atoms with Gasteiger partial charge in [0.15, 0.2) is 5.13 Å². The van der Waals surface area contributed by atoms with E-state index in [0.717, 1.165) is 5.69 Å². The number of rotatable bonds is 5. The van der Waals surface area contributed by atoms with Crippen LogP contribution in [0.3, 0.4) is 0 Å². The summed E-state index contributed by atoms with van der Waals surface area (Å²) in [6.45, 7) is 6.52. The Kier molecular flexibility index (Phi) is 4.90. The Morgan fingerprint density at radius 3 is 2.62 bits per heavy atom. The molecular formula is C15H18FN3OS. The van der Waals surface area contributed by atoms with Gasteiger partial charge >= 0.3 is 0 Å². The zero-order chi connectivity index (χ0) is 15.4. The molecule has 1 amide bonds. The molecule has 0 aliphatic heterocycles. The van der Waals surface area contributed by atoms with E-state index in [0.29, 0.717) is 28.2 Å². The molecule has 4 nitrogen and oxygen atoms in total. The van der Waals surface area contributed by atoms with Crippen molar-refractivity contribution in [3.63, 3.8) is 0 Å². The summed E-state index contributed by atoms with van der Waals surface area (Å²) in [5.41, 5.74) is 1.42. The third kappa shape index (κ3) is 4.26. The van der Waals surface area contributed by atoms with Gasteiger partial charge in [-0.15, -0.1) is 0 Å². The average Bonchev–Trinajstić information content (AvgIpc) is 2.79. The maximum Gasteiger partial charge on any atom is 0.263 e. The number of aryl methyl sites for hydroxylation is 1. The van der Waals surface area contributed by atoms with Gasteiger partial charge in [0.1, 0.15) is 10.7 Å². The topological polar surface area (TPSA) is 54.0 Å². The van der Waals surface area contributed by atoms with E-state index in [4.69, 9.17) is 0 Å². The van der Waals surface area contributed by atoms with Crippen molar-refractivity contribution in [2.45, 2.75) is 20.8 Å². The number of nitrogens with zero attached hydrogens (tertiary/aromatic N) is 1. The number of halogens is 1. The van der Waals surface area contributed by atoms with Crippen molar-refractivity contribution in [3.05, 3.63) is 40.7 Å². The Bertz CT molecular complexity index is 622. The van der Waals surface area contributed by atoms with E-state index in [1.165, 1.54) is 23.5 Å². The first-order valence-corrected chi connectivity index (χ1v) is 7.55. The highest BCUT2D eigenvalue weighted by molar-refractivity contribution is 7.17. The van der Waals surface area contributed by atoms with Crippen LogP contribution in [0.4, 0.5) is 15.2 Å². The molecule has 2 aromatic rings. The van der Waals surface area contributed by atoms with Gasteiger partial charge < -0.3 is 10.6 Å². The summed E-state index contributed by atoms with van der Waals surface area (Å²) in [5.74, 6) is 0.00876. The highest BCUT2D eigenvalue weighted by atomic mass is 32.1. The van der Waals surface area contributed by atoms with Crippen LogP contribution in [0.15, 0.2) is 24.3 Å². The molecule has 2 rings (SSSR count). The molecule has 0 aliphatic rings. The van der Waals surface area contributed by atoms with Gasteiger partial charge in [-0.2, -0.15) is 0 Å². The van der Waals surface area contributed by atoms with Crippen LogP contribution in [0.25, 0.3) is 0 Å². The van der Waals surface area contributed by atoms with Crippen LogP contribution in [0.5, 0.6) is 0 Å². The summed E-state index contributed by atoms with van der Waals surface area (Å²) in [5, 5.41) is 6.57. The molecule has 0 fully saturated rings. The SMILES string of the molecule is Cc1nc(Nc2ccc(F)cc2)sc1C(=O)NCC(C)C. The van der Waals surface area contributed by atoms with Gasteiger partial charge in [0.05, 0.1) is 5.69 Å². The van der Waals surface area contributed by atoms with Gasteiger partial charge in [-0.25, -0.2) is 9.37 Å². The van der Waals surface area contributed by atoms with Crippen LogP contribution in [0.1, 0.15) is 29.2 Å². The van der Waals surface area contributed by atoms with Gasteiger partial charge in [0.25, 0.3) is 5.91 Å². The maximum absolute atomic E-state index is 12.9. The Balaban J connectivity index is 2.08. The minimum Gasteiger partial charge on any atom is -0.351 e. The maximum atomic E-state index is 12.9. The van der Waals surface area contributed by atoms with Crippen molar-refractivity contribution >= 4 is 28.1 Å². The first kappa shape index (κ1) is 15.4. The minimum atomic E-state index is -0.287. The molecule has 0 saturated carbocycles. The highest BCUT2D eigenvalue weighted by Gasteiger charge is 2.15. The van der Waals surface area contributed by atoms with Crippen molar-refractivity contribution in [1.29, 1.82) is 0 Å². The number of nitrogens with one attached hydrogen (secondary N) is 2. The van der Waals surface area contributed by atoms with Crippen molar-refractivity contribution in [2.75, 3.05) is 11.9 Å². The summed E-state index contributed by atoms with van der Waals surface area (Å²) < 4.78 is 12.9. The molecule has 1 aromatic heterocycles. The normalized spacial score (nSPS) is 10.7. The van der Waals surface area contributed by atoms with Gasteiger partial charge in [0.2, 0.25) is 0 Å².